The van der Waals surface area contributed by atoms with Gasteiger partial charge in [0.2, 0.25) is 0 Å². The number of hydrogen-bond donors (Lipinski definition) is 2. The van der Waals surface area contributed by atoms with Gasteiger partial charge in [0, 0.05) is 44.6 Å². The predicted octanol–water partition coefficient (Wildman–Crippen LogP) is 2.62. The van der Waals surface area contributed by atoms with Gasteiger partial charge in [0.15, 0.2) is 0 Å². The zero-order valence-electron chi connectivity index (χ0n) is 16.3. The average molecular weight is 397 g/mol. The molecule has 0 spiro atoms. The molecule has 1 saturated heterocycles. The number of pyridine rings is 1. The second-order valence-corrected chi connectivity index (χ2v) is 7.61. The number of carbonyl (C=O) groups is 2. The van der Waals surface area contributed by atoms with E-state index in [1.165, 1.54) is 0 Å². The van der Waals surface area contributed by atoms with E-state index in [0.29, 0.717) is 44.1 Å². The lowest BCUT2D eigenvalue weighted by atomic mass is 10.2. The fourth-order valence-electron chi connectivity index (χ4n) is 2.85. The molecule has 1 atom stereocenters. The third-order valence-corrected chi connectivity index (χ3v) is 4.52. The van der Waals surface area contributed by atoms with Gasteiger partial charge in [0.25, 0.3) is 5.91 Å². The van der Waals surface area contributed by atoms with Crippen molar-refractivity contribution in [3.8, 4) is 0 Å². The maximum Gasteiger partial charge on any atom is 0.315 e. The van der Waals surface area contributed by atoms with E-state index < -0.39 is 0 Å². The highest BCUT2D eigenvalue weighted by atomic mass is 35.5. The molecule has 2 rings (SSSR count). The average Bonchev–Trinajstić information content (AvgIpc) is 3.05. The molecule has 1 aromatic heterocycles. The van der Waals surface area contributed by atoms with Crippen molar-refractivity contribution >= 4 is 23.5 Å². The summed E-state index contributed by atoms with van der Waals surface area (Å²) in [4.78, 5) is 30.4. The summed E-state index contributed by atoms with van der Waals surface area (Å²) in [6.45, 7) is 9.00. The summed E-state index contributed by atoms with van der Waals surface area (Å²) in [5.41, 5.74) is 1.16. The number of rotatable bonds is 8. The maximum absolute atomic E-state index is 12.6. The molecule has 0 bridgehead atoms. The fourth-order valence-corrected chi connectivity index (χ4v) is 3.13. The first-order chi connectivity index (χ1) is 12.9. The predicted molar refractivity (Wildman–Crippen MR) is 105 cm³/mol. The number of aromatic nitrogens is 1. The third kappa shape index (κ3) is 6.99. The minimum absolute atomic E-state index is 0.0664. The van der Waals surface area contributed by atoms with Gasteiger partial charge in [-0.3, -0.25) is 4.79 Å². The van der Waals surface area contributed by atoms with Gasteiger partial charge in [0.1, 0.15) is 5.15 Å². The largest absolute Gasteiger partial charge is 0.381 e. The minimum atomic E-state index is -0.215. The number of aryl methyl sites for hydroxylation is 1. The molecule has 3 amide bonds. The molecule has 7 nitrogen and oxygen atoms in total. The Labute approximate surface area is 165 Å². The van der Waals surface area contributed by atoms with Crippen molar-refractivity contribution in [3.63, 3.8) is 0 Å². The molecule has 150 valence electrons. The van der Waals surface area contributed by atoms with Crippen molar-refractivity contribution in [1.29, 1.82) is 0 Å². The Hall–Kier alpha value is -1.86. The summed E-state index contributed by atoms with van der Waals surface area (Å²) in [6, 6.07) is 3.18. The number of amides is 3. The second kappa shape index (κ2) is 10.5. The van der Waals surface area contributed by atoms with Crippen LogP contribution in [0, 0.1) is 12.8 Å². The highest BCUT2D eigenvalue weighted by molar-refractivity contribution is 6.32. The molecule has 2 heterocycles. The molecule has 0 radical (unpaired) electrons. The quantitative estimate of drug-likeness (QED) is 0.522. The first-order valence-electron chi connectivity index (χ1n) is 9.41. The zero-order chi connectivity index (χ0) is 19.8. The van der Waals surface area contributed by atoms with E-state index >= 15 is 0 Å². The summed E-state index contributed by atoms with van der Waals surface area (Å²) >= 11 is 6.09. The normalized spacial score (nSPS) is 16.6. The molecule has 0 aromatic carbocycles. The molecule has 27 heavy (non-hydrogen) atoms. The van der Waals surface area contributed by atoms with Gasteiger partial charge in [-0.1, -0.05) is 25.4 Å². The van der Waals surface area contributed by atoms with E-state index in [9.17, 15) is 9.59 Å². The van der Waals surface area contributed by atoms with Crippen molar-refractivity contribution in [2.24, 2.45) is 5.92 Å². The van der Waals surface area contributed by atoms with Crippen LogP contribution in [-0.2, 0) is 4.74 Å². The second-order valence-electron chi connectivity index (χ2n) is 7.25. The molecule has 1 fully saturated rings. The van der Waals surface area contributed by atoms with E-state index in [0.717, 1.165) is 18.7 Å². The third-order valence-electron chi connectivity index (χ3n) is 4.23. The van der Waals surface area contributed by atoms with Crippen molar-refractivity contribution in [1.82, 2.24) is 20.5 Å². The van der Waals surface area contributed by atoms with Crippen molar-refractivity contribution < 1.29 is 14.3 Å². The molecule has 1 aliphatic heterocycles. The highest BCUT2D eigenvalue weighted by Gasteiger charge is 2.29. The summed E-state index contributed by atoms with van der Waals surface area (Å²) in [6.07, 6.45) is 1.49. The molecule has 0 aliphatic carbocycles. The number of nitrogens with one attached hydrogen (secondary N) is 2. The molecular formula is C19H29ClN4O3. The van der Waals surface area contributed by atoms with E-state index in [1.54, 1.807) is 17.0 Å². The molecule has 1 unspecified atom stereocenters. The summed E-state index contributed by atoms with van der Waals surface area (Å²) < 4.78 is 5.48. The van der Waals surface area contributed by atoms with Crippen LogP contribution in [-0.4, -0.2) is 60.7 Å². The van der Waals surface area contributed by atoms with Crippen LogP contribution in [0.15, 0.2) is 12.1 Å². The molecule has 8 heteroatoms. The smallest absolute Gasteiger partial charge is 0.315 e. The lowest BCUT2D eigenvalue weighted by molar-refractivity contribution is 0.0789. The van der Waals surface area contributed by atoms with Gasteiger partial charge in [-0.05, 0) is 37.8 Å². The Balaban J connectivity index is 1.69. The molecular weight excluding hydrogens is 368 g/mol. The highest BCUT2D eigenvalue weighted by Crippen LogP contribution is 2.19. The Morgan fingerprint density at radius 1 is 1.41 bits per heavy atom. The van der Waals surface area contributed by atoms with E-state index in [4.69, 9.17) is 16.3 Å². The van der Waals surface area contributed by atoms with Crippen LogP contribution < -0.4 is 10.6 Å². The number of halogens is 1. The fraction of sp³-hybridized carbons (Fsp3) is 0.632. The topological polar surface area (TPSA) is 83.6 Å². The first-order valence-corrected chi connectivity index (χ1v) is 9.79. The van der Waals surface area contributed by atoms with Crippen molar-refractivity contribution in [2.45, 2.75) is 39.7 Å². The Kier molecular flexibility index (Phi) is 8.31. The lowest BCUT2D eigenvalue weighted by Gasteiger charge is -2.18. The van der Waals surface area contributed by atoms with Crippen LogP contribution in [0.5, 0.6) is 0 Å². The number of urea groups is 1. The summed E-state index contributed by atoms with van der Waals surface area (Å²) in [7, 11) is 0. The van der Waals surface area contributed by atoms with Gasteiger partial charge in [-0.25, -0.2) is 9.78 Å². The monoisotopic (exact) mass is 396 g/mol. The number of nitrogens with zero attached hydrogens (tertiary/aromatic N) is 2. The standard InChI is InChI=1S/C19H29ClN4O3/c1-13(2)12-27-10-4-8-21-19(26)23-15-7-9-24(11-15)18(25)16-6-5-14(3)22-17(16)20/h5-6,13,15H,4,7-12H2,1-3H3,(H2,21,23,26). The van der Waals surface area contributed by atoms with Crippen molar-refractivity contribution in [2.75, 3.05) is 32.8 Å². The van der Waals surface area contributed by atoms with Crippen LogP contribution in [0.25, 0.3) is 0 Å². The first kappa shape index (κ1) is 21.4. The molecule has 2 N–H and O–H groups in total. The summed E-state index contributed by atoms with van der Waals surface area (Å²) in [5.74, 6) is 0.361. The Bertz CT molecular complexity index is 654. The molecule has 1 aromatic rings. The van der Waals surface area contributed by atoms with Crippen molar-refractivity contribution in [3.05, 3.63) is 28.5 Å². The van der Waals surface area contributed by atoms with Crippen LogP contribution in [0.3, 0.4) is 0 Å². The molecule has 0 saturated carbocycles. The van der Waals surface area contributed by atoms with Crippen LogP contribution >= 0.6 is 11.6 Å². The SMILES string of the molecule is Cc1ccc(C(=O)N2CCC(NC(=O)NCCCOCC(C)C)C2)c(Cl)n1. The van der Waals surface area contributed by atoms with Gasteiger partial charge in [0.05, 0.1) is 5.56 Å². The van der Waals surface area contributed by atoms with Crippen LogP contribution in [0.2, 0.25) is 5.15 Å². The number of hydrogen-bond acceptors (Lipinski definition) is 4. The maximum atomic E-state index is 12.6. The van der Waals surface area contributed by atoms with E-state index in [-0.39, 0.29) is 23.1 Å². The zero-order valence-corrected chi connectivity index (χ0v) is 17.0. The van der Waals surface area contributed by atoms with Gasteiger partial charge in [-0.15, -0.1) is 0 Å². The number of likely N-dealkylation sites (tertiary alicyclic amines) is 1. The number of carbonyl (C=O) groups excluding carboxylic acids is 2. The van der Waals surface area contributed by atoms with E-state index in [2.05, 4.69) is 29.5 Å². The van der Waals surface area contributed by atoms with Crippen LogP contribution in [0.1, 0.15) is 42.7 Å². The van der Waals surface area contributed by atoms with Gasteiger partial charge < -0.3 is 20.3 Å². The molecule has 1 aliphatic rings. The Morgan fingerprint density at radius 2 is 2.19 bits per heavy atom. The Morgan fingerprint density at radius 3 is 2.89 bits per heavy atom. The van der Waals surface area contributed by atoms with Crippen LogP contribution in [0.4, 0.5) is 4.79 Å². The van der Waals surface area contributed by atoms with E-state index in [1.807, 2.05) is 6.92 Å². The van der Waals surface area contributed by atoms with Gasteiger partial charge >= 0.3 is 6.03 Å². The number of ether oxygens (including phenoxy) is 1. The minimum Gasteiger partial charge on any atom is -0.381 e. The van der Waals surface area contributed by atoms with Gasteiger partial charge in [-0.2, -0.15) is 0 Å². The summed E-state index contributed by atoms with van der Waals surface area (Å²) in [5, 5.41) is 5.96. The lowest BCUT2D eigenvalue weighted by Crippen LogP contribution is -2.44.